The van der Waals surface area contributed by atoms with E-state index >= 15 is 0 Å². The van der Waals surface area contributed by atoms with Crippen LogP contribution in [0.25, 0.3) is 0 Å². The van der Waals surface area contributed by atoms with Crippen molar-refractivity contribution in [1.82, 2.24) is 4.90 Å². The van der Waals surface area contributed by atoms with E-state index in [9.17, 15) is 23.1 Å². The maximum absolute atomic E-state index is 12.9. The van der Waals surface area contributed by atoms with Gasteiger partial charge in [-0.1, -0.05) is 42.5 Å². The van der Waals surface area contributed by atoms with Gasteiger partial charge in [0.2, 0.25) is 5.91 Å². The second-order valence-electron chi connectivity index (χ2n) is 6.28. The molecule has 0 aromatic heterocycles. The first-order valence-electron chi connectivity index (χ1n) is 7.95. The second-order valence-corrected chi connectivity index (χ2v) is 6.28. The lowest BCUT2D eigenvalue weighted by Gasteiger charge is -2.30. The van der Waals surface area contributed by atoms with Gasteiger partial charge in [-0.15, -0.1) is 0 Å². The zero-order valence-corrected chi connectivity index (χ0v) is 13.6. The van der Waals surface area contributed by atoms with Crippen molar-refractivity contribution < 1.29 is 23.1 Å². The number of likely N-dealkylation sites (tertiary alicyclic amines) is 1. The van der Waals surface area contributed by atoms with Crippen LogP contribution in [0, 0.1) is 0 Å². The minimum atomic E-state index is -4.48. The molecule has 1 aliphatic rings. The molecule has 0 spiro atoms. The fourth-order valence-corrected chi connectivity index (χ4v) is 3.43. The quantitative estimate of drug-likeness (QED) is 0.917. The average Bonchev–Trinajstić information content (AvgIpc) is 2.90. The lowest BCUT2D eigenvalue weighted by Crippen LogP contribution is -2.36. The van der Waals surface area contributed by atoms with Gasteiger partial charge in [-0.25, -0.2) is 0 Å². The van der Waals surface area contributed by atoms with Crippen molar-refractivity contribution in [3.63, 3.8) is 0 Å². The van der Waals surface area contributed by atoms with E-state index < -0.39 is 23.9 Å². The van der Waals surface area contributed by atoms with Crippen LogP contribution in [0.1, 0.15) is 35.1 Å². The van der Waals surface area contributed by atoms with Gasteiger partial charge in [0.1, 0.15) is 0 Å². The number of rotatable bonds is 3. The van der Waals surface area contributed by atoms with Crippen LogP contribution in [0.2, 0.25) is 0 Å². The third kappa shape index (κ3) is 3.39. The van der Waals surface area contributed by atoms with Crippen LogP contribution in [-0.2, 0) is 11.0 Å². The van der Waals surface area contributed by atoms with Crippen LogP contribution in [-0.4, -0.2) is 29.0 Å². The predicted octanol–water partition coefficient (Wildman–Crippen LogP) is 3.75. The third-order valence-electron chi connectivity index (χ3n) is 4.75. The summed E-state index contributed by atoms with van der Waals surface area (Å²) in [5.74, 6) is -0.409. The molecule has 0 saturated carbocycles. The molecule has 1 heterocycles. The van der Waals surface area contributed by atoms with Crippen molar-refractivity contribution in [2.45, 2.75) is 30.7 Å². The highest BCUT2D eigenvalue weighted by atomic mass is 19.4. The molecule has 0 aliphatic carbocycles. The number of halogens is 3. The van der Waals surface area contributed by atoms with Gasteiger partial charge in [-0.3, -0.25) is 4.79 Å². The molecule has 25 heavy (non-hydrogen) atoms. The number of alkyl halides is 3. The van der Waals surface area contributed by atoms with E-state index in [0.717, 1.165) is 17.7 Å². The van der Waals surface area contributed by atoms with Crippen LogP contribution in [0.4, 0.5) is 13.2 Å². The highest BCUT2D eigenvalue weighted by Crippen LogP contribution is 2.41. The lowest BCUT2D eigenvalue weighted by atomic mass is 9.86. The Morgan fingerprint density at radius 1 is 1.12 bits per heavy atom. The summed E-state index contributed by atoms with van der Waals surface area (Å²) in [6.45, 7) is 0. The van der Waals surface area contributed by atoms with Crippen molar-refractivity contribution >= 4 is 5.91 Å². The Morgan fingerprint density at radius 2 is 1.80 bits per heavy atom. The predicted molar refractivity (Wildman–Crippen MR) is 86.8 cm³/mol. The molecule has 2 aromatic rings. The maximum atomic E-state index is 12.9. The van der Waals surface area contributed by atoms with Crippen molar-refractivity contribution in [1.29, 1.82) is 0 Å². The van der Waals surface area contributed by atoms with Gasteiger partial charge in [0.25, 0.3) is 0 Å². The summed E-state index contributed by atoms with van der Waals surface area (Å²) in [6, 6.07) is 13.3. The van der Waals surface area contributed by atoms with Gasteiger partial charge in [0.15, 0.2) is 0 Å². The van der Waals surface area contributed by atoms with Gasteiger partial charge in [-0.05, 0) is 23.3 Å². The molecule has 0 bridgehead atoms. The Balaban J connectivity index is 1.96. The highest BCUT2D eigenvalue weighted by Gasteiger charge is 2.43. The molecule has 1 N–H and O–H groups in total. The van der Waals surface area contributed by atoms with Gasteiger partial charge >= 0.3 is 6.18 Å². The van der Waals surface area contributed by atoms with Crippen LogP contribution < -0.4 is 0 Å². The number of aliphatic hydroxyl groups excluding tert-OH is 1. The summed E-state index contributed by atoms with van der Waals surface area (Å²) in [7, 11) is 1.58. The molecular formula is C19H18F3NO2. The van der Waals surface area contributed by atoms with E-state index in [1.807, 2.05) is 30.3 Å². The first-order chi connectivity index (χ1) is 11.8. The molecule has 3 nitrogen and oxygen atoms in total. The Bertz CT molecular complexity index is 761. The topological polar surface area (TPSA) is 40.5 Å². The molecule has 1 saturated heterocycles. The summed E-state index contributed by atoms with van der Waals surface area (Å²) in [5, 5.41) is 10.8. The van der Waals surface area contributed by atoms with Crippen molar-refractivity contribution in [3.8, 4) is 0 Å². The van der Waals surface area contributed by atoms with Crippen molar-refractivity contribution in [2.24, 2.45) is 0 Å². The van der Waals surface area contributed by atoms with Crippen LogP contribution in [0.5, 0.6) is 0 Å². The SMILES string of the molecule is CN1C(=O)C[C@H](c2ccccc2)[C@@H]1[C@@H](O)c1cccc(C(F)(F)F)c1. The summed E-state index contributed by atoms with van der Waals surface area (Å²) in [6.07, 6.45) is -5.46. The molecule has 0 unspecified atom stereocenters. The molecule has 3 rings (SSSR count). The molecule has 132 valence electrons. The molecule has 6 heteroatoms. The second kappa shape index (κ2) is 6.52. The summed E-state index contributed by atoms with van der Waals surface area (Å²) in [4.78, 5) is 13.6. The fraction of sp³-hybridized carbons (Fsp3) is 0.316. The lowest BCUT2D eigenvalue weighted by molar-refractivity contribution is -0.137. The van der Waals surface area contributed by atoms with E-state index in [4.69, 9.17) is 0 Å². The third-order valence-corrected chi connectivity index (χ3v) is 4.75. The van der Waals surface area contributed by atoms with E-state index in [1.54, 1.807) is 7.05 Å². The van der Waals surface area contributed by atoms with Crippen LogP contribution in [0.3, 0.4) is 0 Å². The number of nitrogens with zero attached hydrogens (tertiary/aromatic N) is 1. The van der Waals surface area contributed by atoms with E-state index in [2.05, 4.69) is 0 Å². The standard InChI is InChI=1S/C19H18F3NO2/c1-23-16(24)11-15(12-6-3-2-4-7-12)17(23)18(25)13-8-5-9-14(10-13)19(20,21)22/h2-10,15,17-18,25H,11H2,1H3/t15-,17-,18+/m1/s1. The van der Waals surface area contributed by atoms with Crippen LogP contribution >= 0.6 is 0 Å². The minimum Gasteiger partial charge on any atom is -0.386 e. The molecule has 0 radical (unpaired) electrons. The first-order valence-corrected chi connectivity index (χ1v) is 7.95. The summed E-state index contributed by atoms with van der Waals surface area (Å²) in [5.41, 5.74) is 0.228. The molecule has 1 aliphatic heterocycles. The zero-order chi connectivity index (χ0) is 18.2. The van der Waals surface area contributed by atoms with Gasteiger partial charge in [-0.2, -0.15) is 13.2 Å². The van der Waals surface area contributed by atoms with E-state index in [-0.39, 0.29) is 23.8 Å². The number of hydrogen-bond donors (Lipinski definition) is 1. The molecular weight excluding hydrogens is 331 g/mol. The number of amides is 1. The van der Waals surface area contributed by atoms with Gasteiger partial charge < -0.3 is 10.0 Å². The van der Waals surface area contributed by atoms with Gasteiger partial charge in [0, 0.05) is 19.4 Å². The molecule has 3 atom stereocenters. The number of carbonyl (C=O) groups excluding carboxylic acids is 1. The monoisotopic (exact) mass is 349 g/mol. The fourth-order valence-electron chi connectivity index (χ4n) is 3.43. The average molecular weight is 349 g/mol. The Labute approximate surface area is 143 Å². The highest BCUT2D eigenvalue weighted by molar-refractivity contribution is 5.80. The number of aliphatic hydroxyl groups is 1. The summed E-state index contributed by atoms with van der Waals surface area (Å²) < 4.78 is 38.8. The maximum Gasteiger partial charge on any atom is 0.416 e. The first kappa shape index (κ1) is 17.5. The Morgan fingerprint density at radius 3 is 2.44 bits per heavy atom. The number of likely N-dealkylation sites (N-methyl/N-ethyl adjacent to an activating group) is 1. The van der Waals surface area contributed by atoms with Crippen molar-refractivity contribution in [2.75, 3.05) is 7.05 Å². The smallest absolute Gasteiger partial charge is 0.386 e. The molecule has 1 fully saturated rings. The van der Waals surface area contributed by atoms with Crippen molar-refractivity contribution in [3.05, 3.63) is 71.3 Å². The number of hydrogen-bond acceptors (Lipinski definition) is 2. The normalized spacial score (nSPS) is 22.3. The zero-order valence-electron chi connectivity index (χ0n) is 13.6. The van der Waals surface area contributed by atoms with E-state index in [1.165, 1.54) is 17.0 Å². The molecule has 1 amide bonds. The van der Waals surface area contributed by atoms with E-state index in [0.29, 0.717) is 0 Å². The number of benzene rings is 2. The Kier molecular flexibility index (Phi) is 4.56. The Hall–Kier alpha value is -2.34. The van der Waals surface area contributed by atoms with Crippen LogP contribution in [0.15, 0.2) is 54.6 Å². The minimum absolute atomic E-state index is 0.134. The molecule has 2 aromatic carbocycles. The summed E-state index contributed by atoms with van der Waals surface area (Å²) >= 11 is 0. The largest absolute Gasteiger partial charge is 0.416 e. The number of carbonyl (C=O) groups is 1. The van der Waals surface area contributed by atoms with Gasteiger partial charge in [0.05, 0.1) is 17.7 Å².